The standard InChI is InChI=1S/C14H21N3O.HI/c1-3-4-9-18-10-8-16-14(15)17-13-7-5-6-12(2)11-13;/h3,5-7,11H,1,4,8-10H2,2H3,(H3,15,16,17);1H. The van der Waals surface area contributed by atoms with Gasteiger partial charge in [0.25, 0.3) is 0 Å². The number of hydrogen-bond acceptors (Lipinski definition) is 2. The number of nitrogens with two attached hydrogens (primary N) is 1. The maximum absolute atomic E-state index is 5.76. The normalized spacial score (nSPS) is 10.7. The molecule has 0 atom stereocenters. The number of aliphatic imine (C=N–C) groups is 1. The van der Waals surface area contributed by atoms with Crippen molar-refractivity contribution in [1.82, 2.24) is 0 Å². The second kappa shape index (κ2) is 10.8. The van der Waals surface area contributed by atoms with Gasteiger partial charge in [0.05, 0.1) is 19.8 Å². The number of anilines is 1. The van der Waals surface area contributed by atoms with Gasteiger partial charge in [-0.05, 0) is 31.0 Å². The van der Waals surface area contributed by atoms with Crippen LogP contribution < -0.4 is 11.1 Å². The molecular weight excluding hydrogens is 353 g/mol. The predicted molar refractivity (Wildman–Crippen MR) is 92.3 cm³/mol. The molecule has 1 aromatic carbocycles. The molecule has 0 aliphatic carbocycles. The Hall–Kier alpha value is -1.08. The Bertz CT molecular complexity index is 407. The minimum atomic E-state index is 0. The third-order valence-corrected chi connectivity index (χ3v) is 2.27. The highest BCUT2D eigenvalue weighted by atomic mass is 127. The van der Waals surface area contributed by atoms with Gasteiger partial charge in [-0.25, -0.2) is 0 Å². The van der Waals surface area contributed by atoms with Crippen LogP contribution in [0.15, 0.2) is 41.9 Å². The van der Waals surface area contributed by atoms with E-state index in [4.69, 9.17) is 10.5 Å². The summed E-state index contributed by atoms with van der Waals surface area (Å²) >= 11 is 0. The van der Waals surface area contributed by atoms with Gasteiger partial charge in [-0.15, -0.1) is 30.6 Å². The van der Waals surface area contributed by atoms with Gasteiger partial charge in [0, 0.05) is 5.69 Å². The van der Waals surface area contributed by atoms with Gasteiger partial charge in [-0.3, -0.25) is 4.99 Å². The monoisotopic (exact) mass is 375 g/mol. The molecule has 1 aromatic rings. The molecule has 0 aliphatic heterocycles. The zero-order valence-corrected chi connectivity index (χ0v) is 13.6. The molecule has 106 valence electrons. The van der Waals surface area contributed by atoms with Crippen LogP contribution in [0.4, 0.5) is 5.69 Å². The van der Waals surface area contributed by atoms with Crippen LogP contribution in [0.3, 0.4) is 0 Å². The first-order valence-electron chi connectivity index (χ1n) is 6.04. The molecule has 3 N–H and O–H groups in total. The van der Waals surface area contributed by atoms with Gasteiger partial charge in [-0.2, -0.15) is 0 Å². The van der Waals surface area contributed by atoms with Gasteiger partial charge >= 0.3 is 0 Å². The van der Waals surface area contributed by atoms with E-state index in [-0.39, 0.29) is 24.0 Å². The molecule has 19 heavy (non-hydrogen) atoms. The quantitative estimate of drug-likeness (QED) is 0.253. The molecule has 0 spiro atoms. The number of rotatable bonds is 7. The summed E-state index contributed by atoms with van der Waals surface area (Å²) in [4.78, 5) is 4.18. The van der Waals surface area contributed by atoms with Crippen molar-refractivity contribution >= 4 is 35.6 Å². The summed E-state index contributed by atoms with van der Waals surface area (Å²) in [5, 5.41) is 3.04. The number of hydrogen-bond donors (Lipinski definition) is 2. The second-order valence-electron chi connectivity index (χ2n) is 3.95. The van der Waals surface area contributed by atoms with Gasteiger partial charge in [0.2, 0.25) is 0 Å². The fourth-order valence-corrected chi connectivity index (χ4v) is 1.41. The molecule has 0 amide bonds. The Kier molecular flexibility index (Phi) is 10.2. The van der Waals surface area contributed by atoms with Gasteiger partial charge in [0.1, 0.15) is 0 Å². The van der Waals surface area contributed by atoms with E-state index < -0.39 is 0 Å². The number of nitrogens with zero attached hydrogens (tertiary/aromatic N) is 1. The number of halogens is 1. The van der Waals surface area contributed by atoms with Crippen LogP contribution in [-0.2, 0) is 4.74 Å². The Morgan fingerprint density at radius 2 is 2.26 bits per heavy atom. The average Bonchev–Trinajstić information content (AvgIpc) is 2.33. The average molecular weight is 375 g/mol. The molecule has 0 unspecified atom stereocenters. The van der Waals surface area contributed by atoms with E-state index in [0.29, 0.717) is 25.7 Å². The van der Waals surface area contributed by atoms with E-state index in [1.165, 1.54) is 5.56 Å². The third kappa shape index (κ3) is 8.61. The molecule has 0 fully saturated rings. The summed E-state index contributed by atoms with van der Waals surface area (Å²) in [5.41, 5.74) is 7.89. The molecule has 5 heteroatoms. The minimum absolute atomic E-state index is 0. The van der Waals surface area contributed by atoms with Crippen molar-refractivity contribution in [2.24, 2.45) is 10.7 Å². The highest BCUT2D eigenvalue weighted by molar-refractivity contribution is 14.0. The number of ether oxygens (including phenoxy) is 1. The van der Waals surface area contributed by atoms with Crippen LogP contribution >= 0.6 is 24.0 Å². The van der Waals surface area contributed by atoms with Crippen LogP contribution in [-0.4, -0.2) is 25.7 Å². The zero-order valence-electron chi connectivity index (χ0n) is 11.3. The zero-order chi connectivity index (χ0) is 13.2. The van der Waals surface area contributed by atoms with Crippen LogP contribution in [0.1, 0.15) is 12.0 Å². The van der Waals surface area contributed by atoms with Crippen molar-refractivity contribution in [3.05, 3.63) is 42.5 Å². The van der Waals surface area contributed by atoms with Crippen molar-refractivity contribution in [3.8, 4) is 0 Å². The lowest BCUT2D eigenvalue weighted by Gasteiger charge is -2.06. The molecule has 0 aliphatic rings. The van der Waals surface area contributed by atoms with Crippen molar-refractivity contribution in [2.75, 3.05) is 25.1 Å². The molecule has 0 saturated carbocycles. The highest BCUT2D eigenvalue weighted by Crippen LogP contribution is 2.08. The van der Waals surface area contributed by atoms with Crippen LogP contribution in [0.25, 0.3) is 0 Å². The SMILES string of the molecule is C=CCCOCCN=C(N)Nc1cccc(C)c1.I. The van der Waals surface area contributed by atoms with Gasteiger partial charge in [-0.1, -0.05) is 18.2 Å². The first-order chi connectivity index (χ1) is 8.72. The van der Waals surface area contributed by atoms with Gasteiger partial charge in [0.15, 0.2) is 5.96 Å². The van der Waals surface area contributed by atoms with E-state index in [2.05, 4.69) is 16.9 Å². The minimum Gasteiger partial charge on any atom is -0.379 e. The summed E-state index contributed by atoms with van der Waals surface area (Å²) in [6, 6.07) is 7.98. The fourth-order valence-electron chi connectivity index (χ4n) is 1.41. The Morgan fingerprint density at radius 3 is 2.95 bits per heavy atom. The molecule has 0 saturated heterocycles. The number of nitrogens with one attached hydrogen (secondary N) is 1. The number of aryl methyl sites for hydroxylation is 1. The lowest BCUT2D eigenvalue weighted by molar-refractivity contribution is 0.146. The van der Waals surface area contributed by atoms with Crippen molar-refractivity contribution < 1.29 is 4.74 Å². The van der Waals surface area contributed by atoms with Crippen LogP contribution in [0.5, 0.6) is 0 Å². The molecule has 0 bridgehead atoms. The molecule has 0 heterocycles. The summed E-state index contributed by atoms with van der Waals surface area (Å²) < 4.78 is 5.33. The third-order valence-electron chi connectivity index (χ3n) is 2.27. The smallest absolute Gasteiger partial charge is 0.193 e. The summed E-state index contributed by atoms with van der Waals surface area (Å²) in [6.45, 7) is 7.47. The van der Waals surface area contributed by atoms with E-state index in [1.54, 1.807) is 0 Å². The maximum atomic E-state index is 5.76. The summed E-state index contributed by atoms with van der Waals surface area (Å²) in [7, 11) is 0. The predicted octanol–water partition coefficient (Wildman–Crippen LogP) is 2.93. The van der Waals surface area contributed by atoms with Crippen LogP contribution in [0.2, 0.25) is 0 Å². The molecular formula is C14H22IN3O. The second-order valence-corrected chi connectivity index (χ2v) is 3.95. The molecule has 1 rings (SSSR count). The summed E-state index contributed by atoms with van der Waals surface area (Å²) in [5.74, 6) is 0.410. The molecule has 0 radical (unpaired) electrons. The first-order valence-corrected chi connectivity index (χ1v) is 6.04. The summed E-state index contributed by atoms with van der Waals surface area (Å²) in [6.07, 6.45) is 2.69. The number of benzene rings is 1. The maximum Gasteiger partial charge on any atom is 0.193 e. The first kappa shape index (κ1) is 17.9. The van der Waals surface area contributed by atoms with Crippen LogP contribution in [0, 0.1) is 6.92 Å². The Labute approximate surface area is 132 Å². The Morgan fingerprint density at radius 1 is 1.47 bits per heavy atom. The largest absolute Gasteiger partial charge is 0.379 e. The highest BCUT2D eigenvalue weighted by Gasteiger charge is 1.94. The fraction of sp³-hybridized carbons (Fsp3) is 0.357. The lowest BCUT2D eigenvalue weighted by Crippen LogP contribution is -2.23. The topological polar surface area (TPSA) is 59.6 Å². The molecule has 4 nitrogen and oxygen atoms in total. The lowest BCUT2D eigenvalue weighted by atomic mass is 10.2. The van der Waals surface area contributed by atoms with E-state index in [0.717, 1.165) is 12.1 Å². The van der Waals surface area contributed by atoms with Crippen molar-refractivity contribution in [2.45, 2.75) is 13.3 Å². The Balaban J connectivity index is 0.00000324. The van der Waals surface area contributed by atoms with Crippen molar-refractivity contribution in [1.29, 1.82) is 0 Å². The number of guanidine groups is 1. The van der Waals surface area contributed by atoms with Crippen molar-refractivity contribution in [3.63, 3.8) is 0 Å². The van der Waals surface area contributed by atoms with E-state index >= 15 is 0 Å². The van der Waals surface area contributed by atoms with Gasteiger partial charge < -0.3 is 15.8 Å². The van der Waals surface area contributed by atoms with E-state index in [9.17, 15) is 0 Å². The molecule has 0 aromatic heterocycles. The van der Waals surface area contributed by atoms with E-state index in [1.807, 2.05) is 37.3 Å².